The average Bonchev–Trinajstić information content (AvgIpc) is 3.01. The molecule has 0 saturated carbocycles. The van der Waals surface area contributed by atoms with E-state index in [9.17, 15) is 4.79 Å². The molecule has 2 heterocycles. The van der Waals surface area contributed by atoms with Gasteiger partial charge in [0.1, 0.15) is 0 Å². The molecule has 5 heteroatoms. The Labute approximate surface area is 149 Å². The van der Waals surface area contributed by atoms with Gasteiger partial charge in [0.05, 0.1) is 35.9 Å². The van der Waals surface area contributed by atoms with Gasteiger partial charge < -0.3 is 9.64 Å². The van der Waals surface area contributed by atoms with Gasteiger partial charge in [0, 0.05) is 13.1 Å². The van der Waals surface area contributed by atoms with Gasteiger partial charge in [-0.2, -0.15) is 5.10 Å². The number of rotatable bonds is 4. The molecule has 0 aliphatic carbocycles. The van der Waals surface area contributed by atoms with Gasteiger partial charge in [0.15, 0.2) is 0 Å². The van der Waals surface area contributed by atoms with E-state index in [1.54, 1.807) is 0 Å². The maximum Gasteiger partial charge on any atom is 0.257 e. The summed E-state index contributed by atoms with van der Waals surface area (Å²) in [4.78, 5) is 15.1. The number of hydrogen-bond donors (Lipinski definition) is 0. The molecule has 0 spiro atoms. The predicted molar refractivity (Wildman–Crippen MR) is 98.5 cm³/mol. The predicted octanol–water partition coefficient (Wildman–Crippen LogP) is 3.34. The molecule has 0 unspecified atom stereocenters. The van der Waals surface area contributed by atoms with Gasteiger partial charge in [-0.05, 0) is 37.0 Å². The van der Waals surface area contributed by atoms with E-state index in [2.05, 4.69) is 39.8 Å². The minimum absolute atomic E-state index is 0.0859. The molecule has 0 radical (unpaired) electrons. The van der Waals surface area contributed by atoms with Crippen LogP contribution in [0, 0.1) is 6.92 Å². The Morgan fingerprint density at radius 1 is 1.28 bits per heavy atom. The second-order valence-corrected chi connectivity index (χ2v) is 6.87. The molecular formula is C20H27N3O2. The molecule has 0 bridgehead atoms. The highest BCUT2D eigenvalue weighted by Gasteiger charge is 2.29. The molecule has 1 fully saturated rings. The summed E-state index contributed by atoms with van der Waals surface area (Å²) in [5.74, 6) is 0.277. The first-order valence-electron chi connectivity index (χ1n) is 9.08. The monoisotopic (exact) mass is 341 g/mol. The summed E-state index contributed by atoms with van der Waals surface area (Å²) < 4.78 is 7.35. The number of amides is 1. The van der Waals surface area contributed by atoms with Crippen LogP contribution in [0.2, 0.25) is 0 Å². The number of aromatic nitrogens is 2. The fraction of sp³-hybridized carbons (Fsp3) is 0.500. The molecule has 0 N–H and O–H groups in total. The normalized spacial score (nSPS) is 15.0. The third kappa shape index (κ3) is 3.47. The van der Waals surface area contributed by atoms with Crippen LogP contribution in [0.4, 0.5) is 0 Å². The van der Waals surface area contributed by atoms with Crippen LogP contribution in [0.3, 0.4) is 0 Å². The second-order valence-electron chi connectivity index (χ2n) is 6.87. The maximum absolute atomic E-state index is 13.2. The molecule has 1 saturated heterocycles. The van der Waals surface area contributed by atoms with Crippen molar-refractivity contribution >= 4 is 5.91 Å². The van der Waals surface area contributed by atoms with Crippen molar-refractivity contribution in [1.29, 1.82) is 0 Å². The topological polar surface area (TPSA) is 47.4 Å². The van der Waals surface area contributed by atoms with Gasteiger partial charge in [-0.25, -0.2) is 4.68 Å². The highest BCUT2D eigenvalue weighted by atomic mass is 16.5. The van der Waals surface area contributed by atoms with E-state index in [1.165, 1.54) is 5.56 Å². The molecule has 2 aromatic rings. The fourth-order valence-electron chi connectivity index (χ4n) is 3.33. The van der Waals surface area contributed by atoms with Gasteiger partial charge in [-0.1, -0.05) is 32.9 Å². The first-order valence-corrected chi connectivity index (χ1v) is 9.08. The van der Waals surface area contributed by atoms with Crippen molar-refractivity contribution in [2.24, 2.45) is 0 Å². The van der Waals surface area contributed by atoms with E-state index in [-0.39, 0.29) is 11.8 Å². The molecule has 3 rings (SSSR count). The van der Waals surface area contributed by atoms with E-state index < -0.39 is 0 Å². The Balaban J connectivity index is 2.11. The lowest BCUT2D eigenvalue weighted by Gasteiger charge is -2.27. The maximum atomic E-state index is 13.2. The van der Waals surface area contributed by atoms with Gasteiger partial charge in [0.2, 0.25) is 0 Å². The molecular weight excluding hydrogens is 314 g/mol. The van der Waals surface area contributed by atoms with Crippen LogP contribution in [-0.4, -0.2) is 46.9 Å². The molecule has 1 aromatic carbocycles. The molecule has 1 amide bonds. The number of ether oxygens (including phenoxy) is 1. The highest BCUT2D eigenvalue weighted by molar-refractivity contribution is 5.97. The van der Waals surface area contributed by atoms with Gasteiger partial charge >= 0.3 is 0 Å². The van der Waals surface area contributed by atoms with Crippen LogP contribution in [-0.2, 0) is 11.2 Å². The number of benzene rings is 1. The Hall–Kier alpha value is -2.14. The summed E-state index contributed by atoms with van der Waals surface area (Å²) in [6.07, 6.45) is 0.763. The van der Waals surface area contributed by atoms with Crippen LogP contribution in [0.1, 0.15) is 54.0 Å². The van der Waals surface area contributed by atoms with Crippen LogP contribution in [0.5, 0.6) is 0 Å². The van der Waals surface area contributed by atoms with E-state index in [1.807, 2.05) is 21.7 Å². The smallest absolute Gasteiger partial charge is 0.257 e. The molecule has 134 valence electrons. The largest absolute Gasteiger partial charge is 0.378 e. The zero-order chi connectivity index (χ0) is 18.0. The van der Waals surface area contributed by atoms with Crippen molar-refractivity contribution in [1.82, 2.24) is 14.7 Å². The summed E-state index contributed by atoms with van der Waals surface area (Å²) in [5.41, 5.74) is 4.85. The minimum Gasteiger partial charge on any atom is -0.378 e. The van der Waals surface area contributed by atoms with Crippen molar-refractivity contribution in [2.75, 3.05) is 26.3 Å². The summed E-state index contributed by atoms with van der Waals surface area (Å²) in [5, 5.41) is 4.85. The Morgan fingerprint density at radius 3 is 2.60 bits per heavy atom. The van der Waals surface area contributed by atoms with Gasteiger partial charge in [-0.15, -0.1) is 0 Å². The van der Waals surface area contributed by atoms with Crippen molar-refractivity contribution in [2.45, 2.75) is 40.0 Å². The summed E-state index contributed by atoms with van der Waals surface area (Å²) >= 11 is 0. The Kier molecular flexibility index (Phi) is 5.23. The average molecular weight is 341 g/mol. The quantitative estimate of drug-likeness (QED) is 0.857. The van der Waals surface area contributed by atoms with Gasteiger partial charge in [0.25, 0.3) is 5.91 Å². The number of nitrogens with zero attached hydrogens (tertiary/aromatic N) is 3. The zero-order valence-electron chi connectivity index (χ0n) is 15.6. The SMILES string of the molecule is CCc1c(C(=O)N2CCOCC2)c(C(C)C)nn1-c1cccc(C)c1. The number of aryl methyl sites for hydroxylation is 1. The van der Waals surface area contributed by atoms with Crippen LogP contribution < -0.4 is 0 Å². The van der Waals surface area contributed by atoms with Crippen LogP contribution >= 0.6 is 0 Å². The summed E-state index contributed by atoms with van der Waals surface area (Å²) in [7, 11) is 0. The van der Waals surface area contributed by atoms with Crippen molar-refractivity contribution in [3.8, 4) is 5.69 Å². The van der Waals surface area contributed by atoms with E-state index in [4.69, 9.17) is 9.84 Å². The lowest BCUT2D eigenvalue weighted by atomic mass is 10.0. The summed E-state index contributed by atoms with van der Waals surface area (Å²) in [6.45, 7) is 10.9. The number of carbonyl (C=O) groups excluding carboxylic acids is 1. The van der Waals surface area contributed by atoms with E-state index >= 15 is 0 Å². The Bertz CT molecular complexity index is 758. The van der Waals surface area contributed by atoms with E-state index in [0.29, 0.717) is 26.3 Å². The molecule has 1 aromatic heterocycles. The molecule has 5 nitrogen and oxygen atoms in total. The van der Waals surface area contributed by atoms with Crippen LogP contribution in [0.25, 0.3) is 5.69 Å². The van der Waals surface area contributed by atoms with Crippen LogP contribution in [0.15, 0.2) is 24.3 Å². The highest BCUT2D eigenvalue weighted by Crippen LogP contribution is 2.27. The third-order valence-electron chi connectivity index (χ3n) is 4.65. The Morgan fingerprint density at radius 2 is 2.00 bits per heavy atom. The number of morpholine rings is 1. The molecule has 25 heavy (non-hydrogen) atoms. The molecule has 1 aliphatic rings. The van der Waals surface area contributed by atoms with E-state index in [0.717, 1.165) is 29.1 Å². The number of carbonyl (C=O) groups is 1. The lowest BCUT2D eigenvalue weighted by Crippen LogP contribution is -2.41. The van der Waals surface area contributed by atoms with Gasteiger partial charge in [-0.3, -0.25) is 4.79 Å². The van der Waals surface area contributed by atoms with Crippen molar-refractivity contribution < 1.29 is 9.53 Å². The first-order chi connectivity index (χ1) is 12.0. The zero-order valence-corrected chi connectivity index (χ0v) is 15.6. The number of hydrogen-bond acceptors (Lipinski definition) is 3. The fourth-order valence-corrected chi connectivity index (χ4v) is 3.33. The standard InChI is InChI=1S/C20H27N3O2/c1-5-17-18(20(24)22-9-11-25-12-10-22)19(14(2)3)21-23(17)16-8-6-7-15(4)13-16/h6-8,13-14H,5,9-12H2,1-4H3. The minimum atomic E-state index is 0.0859. The second kappa shape index (κ2) is 7.40. The third-order valence-corrected chi connectivity index (χ3v) is 4.65. The summed E-state index contributed by atoms with van der Waals surface area (Å²) in [6, 6.07) is 8.26. The first kappa shape index (κ1) is 17.7. The molecule has 0 atom stereocenters. The molecule has 1 aliphatic heterocycles. The van der Waals surface area contributed by atoms with Crippen molar-refractivity contribution in [3.63, 3.8) is 0 Å². The lowest BCUT2D eigenvalue weighted by molar-refractivity contribution is 0.0301. The van der Waals surface area contributed by atoms with Crippen molar-refractivity contribution in [3.05, 3.63) is 46.8 Å².